The molecule has 1 amide bonds. The highest BCUT2D eigenvalue weighted by molar-refractivity contribution is 7.80. The zero-order valence-corrected chi connectivity index (χ0v) is 14.3. The highest BCUT2D eigenvalue weighted by Gasteiger charge is 2.33. The number of carbonyl (C=O) groups excluding carboxylic acids is 2. The van der Waals surface area contributed by atoms with Gasteiger partial charge in [0.1, 0.15) is 6.04 Å². The van der Waals surface area contributed by atoms with E-state index in [0.29, 0.717) is 18.2 Å². The van der Waals surface area contributed by atoms with Crippen molar-refractivity contribution in [1.29, 1.82) is 0 Å². The number of carbonyl (C=O) groups is 2. The Morgan fingerprint density at radius 3 is 2.65 bits per heavy atom. The average Bonchev–Trinajstić information content (AvgIpc) is 2.47. The van der Waals surface area contributed by atoms with Crippen LogP contribution in [0, 0.1) is 13.8 Å². The third-order valence-electron chi connectivity index (χ3n) is 3.65. The van der Waals surface area contributed by atoms with Gasteiger partial charge in [-0.1, -0.05) is 6.07 Å². The van der Waals surface area contributed by atoms with Crippen molar-refractivity contribution in [3.8, 4) is 0 Å². The van der Waals surface area contributed by atoms with Crippen LogP contribution in [0.15, 0.2) is 18.2 Å². The van der Waals surface area contributed by atoms with Crippen molar-refractivity contribution in [1.82, 2.24) is 10.2 Å². The summed E-state index contributed by atoms with van der Waals surface area (Å²) in [6.45, 7) is 5.06. The molecule has 2 rings (SSSR count). The summed E-state index contributed by atoms with van der Waals surface area (Å²) < 4.78 is 4.67. The highest BCUT2D eigenvalue weighted by Crippen LogP contribution is 2.17. The molecular weight excluding hydrogens is 314 g/mol. The number of esters is 1. The van der Waals surface area contributed by atoms with Crippen molar-refractivity contribution >= 4 is 34.9 Å². The Morgan fingerprint density at radius 2 is 2.04 bits per heavy atom. The molecule has 6 nitrogen and oxygen atoms in total. The van der Waals surface area contributed by atoms with E-state index in [-0.39, 0.29) is 12.3 Å². The fourth-order valence-electron chi connectivity index (χ4n) is 2.64. The molecule has 0 aliphatic carbocycles. The zero-order valence-electron chi connectivity index (χ0n) is 13.5. The summed E-state index contributed by atoms with van der Waals surface area (Å²) in [6.07, 6.45) is -0.0308. The zero-order chi connectivity index (χ0) is 17.0. The van der Waals surface area contributed by atoms with E-state index in [1.54, 1.807) is 4.90 Å². The number of aryl methyl sites for hydroxylation is 2. The van der Waals surface area contributed by atoms with Crippen molar-refractivity contribution in [2.24, 2.45) is 0 Å². The van der Waals surface area contributed by atoms with Crippen molar-refractivity contribution < 1.29 is 14.3 Å². The van der Waals surface area contributed by atoms with Crippen LogP contribution in [-0.2, 0) is 14.3 Å². The van der Waals surface area contributed by atoms with Gasteiger partial charge in [0.25, 0.3) is 0 Å². The van der Waals surface area contributed by atoms with Gasteiger partial charge in [-0.15, -0.1) is 0 Å². The number of benzene rings is 1. The third kappa shape index (κ3) is 4.41. The molecule has 0 spiro atoms. The van der Waals surface area contributed by atoms with Crippen LogP contribution in [0.1, 0.15) is 17.5 Å². The number of hydrogen-bond acceptors (Lipinski definition) is 4. The Kier molecular flexibility index (Phi) is 5.54. The predicted molar refractivity (Wildman–Crippen MR) is 92.3 cm³/mol. The number of rotatable bonds is 3. The molecule has 124 valence electrons. The molecule has 0 aromatic heterocycles. The van der Waals surface area contributed by atoms with Crippen LogP contribution in [-0.4, -0.2) is 48.1 Å². The standard InChI is InChI=1S/C16H21N3O3S/c1-10-6-11(2)8-12(7-10)18-16(23)19-5-4-17-15(21)13(19)9-14(20)22-3/h6-8,13H,4-5,9H2,1-3H3,(H,17,21)(H,18,23)/t13-/m1/s1. The number of nitrogens with one attached hydrogen (secondary N) is 2. The lowest BCUT2D eigenvalue weighted by Crippen LogP contribution is -2.58. The van der Waals surface area contributed by atoms with Crippen molar-refractivity contribution in [3.05, 3.63) is 29.3 Å². The van der Waals surface area contributed by atoms with E-state index in [2.05, 4.69) is 21.4 Å². The lowest BCUT2D eigenvalue weighted by molar-refractivity contribution is -0.144. The fraction of sp³-hybridized carbons (Fsp3) is 0.438. The van der Waals surface area contributed by atoms with Gasteiger partial charge >= 0.3 is 5.97 Å². The quantitative estimate of drug-likeness (QED) is 0.642. The Labute approximate surface area is 141 Å². The first-order valence-corrected chi connectivity index (χ1v) is 7.82. The average molecular weight is 335 g/mol. The molecule has 0 unspecified atom stereocenters. The molecule has 1 aliphatic rings. The van der Waals surface area contributed by atoms with E-state index < -0.39 is 12.0 Å². The largest absolute Gasteiger partial charge is 0.469 e. The summed E-state index contributed by atoms with van der Waals surface area (Å²) in [4.78, 5) is 25.4. The van der Waals surface area contributed by atoms with Gasteiger partial charge in [-0.2, -0.15) is 0 Å². The van der Waals surface area contributed by atoms with E-state index in [9.17, 15) is 9.59 Å². The van der Waals surface area contributed by atoms with Crippen LogP contribution in [0.25, 0.3) is 0 Å². The summed E-state index contributed by atoms with van der Waals surface area (Å²) in [6, 6.07) is 5.39. The van der Waals surface area contributed by atoms with Gasteiger partial charge in [0.15, 0.2) is 5.11 Å². The molecule has 0 saturated carbocycles. The molecule has 1 aromatic carbocycles. The molecule has 1 aromatic rings. The van der Waals surface area contributed by atoms with E-state index in [1.807, 2.05) is 26.0 Å². The lowest BCUT2D eigenvalue weighted by atomic mass is 10.1. The highest BCUT2D eigenvalue weighted by atomic mass is 32.1. The third-order valence-corrected chi connectivity index (χ3v) is 3.99. The monoisotopic (exact) mass is 335 g/mol. The Bertz CT molecular complexity index is 613. The molecule has 1 fully saturated rings. The summed E-state index contributed by atoms with van der Waals surface area (Å²) in [5.74, 6) is -0.655. The molecular formula is C16H21N3O3S. The number of hydrogen-bond donors (Lipinski definition) is 2. The molecule has 1 heterocycles. The maximum Gasteiger partial charge on any atom is 0.308 e. The molecule has 1 saturated heterocycles. The molecule has 7 heteroatoms. The molecule has 2 N–H and O–H groups in total. The Morgan fingerprint density at radius 1 is 1.39 bits per heavy atom. The maximum absolute atomic E-state index is 12.1. The van der Waals surface area contributed by atoms with Crippen molar-refractivity contribution in [3.63, 3.8) is 0 Å². The number of piperazine rings is 1. The normalized spacial score (nSPS) is 17.4. The Hall–Kier alpha value is -2.15. The summed E-state index contributed by atoms with van der Waals surface area (Å²) in [7, 11) is 1.31. The number of thiocarbonyl (C=S) groups is 1. The van der Waals surface area contributed by atoms with Gasteiger partial charge in [0, 0.05) is 18.8 Å². The molecule has 23 heavy (non-hydrogen) atoms. The molecule has 1 aliphatic heterocycles. The first-order chi connectivity index (χ1) is 10.9. The van der Waals surface area contributed by atoms with Crippen molar-refractivity contribution in [2.45, 2.75) is 26.3 Å². The minimum absolute atomic E-state index is 0.0308. The SMILES string of the molecule is COC(=O)C[C@@H]1C(=O)NCCN1C(=S)Nc1cc(C)cc(C)c1. The number of anilines is 1. The van der Waals surface area contributed by atoms with Crippen LogP contribution in [0.5, 0.6) is 0 Å². The van der Waals surface area contributed by atoms with Gasteiger partial charge in [0.2, 0.25) is 5.91 Å². The van der Waals surface area contributed by atoms with E-state index >= 15 is 0 Å². The van der Waals surface area contributed by atoms with Crippen LogP contribution in [0.3, 0.4) is 0 Å². The van der Waals surface area contributed by atoms with Gasteiger partial charge < -0.3 is 20.3 Å². The molecule has 0 radical (unpaired) electrons. The van der Waals surface area contributed by atoms with E-state index in [0.717, 1.165) is 16.8 Å². The second kappa shape index (κ2) is 7.41. The van der Waals surface area contributed by atoms with E-state index in [1.165, 1.54) is 7.11 Å². The summed E-state index contributed by atoms with van der Waals surface area (Å²) >= 11 is 5.44. The number of methoxy groups -OCH3 is 1. The second-order valence-electron chi connectivity index (χ2n) is 5.59. The smallest absolute Gasteiger partial charge is 0.308 e. The van der Waals surface area contributed by atoms with E-state index in [4.69, 9.17) is 12.2 Å². The minimum Gasteiger partial charge on any atom is -0.469 e. The lowest BCUT2D eigenvalue weighted by Gasteiger charge is -2.36. The van der Waals surface area contributed by atoms with Gasteiger partial charge in [-0.3, -0.25) is 9.59 Å². The van der Waals surface area contributed by atoms with Gasteiger partial charge in [-0.25, -0.2) is 0 Å². The van der Waals surface area contributed by atoms with Crippen LogP contribution in [0.2, 0.25) is 0 Å². The summed E-state index contributed by atoms with van der Waals surface area (Å²) in [5.41, 5.74) is 3.12. The number of nitrogens with zero attached hydrogens (tertiary/aromatic N) is 1. The van der Waals surface area contributed by atoms with Crippen molar-refractivity contribution in [2.75, 3.05) is 25.5 Å². The minimum atomic E-state index is -0.651. The van der Waals surface area contributed by atoms with Gasteiger partial charge in [-0.05, 0) is 49.3 Å². The second-order valence-corrected chi connectivity index (χ2v) is 5.97. The molecule has 1 atom stereocenters. The first kappa shape index (κ1) is 17.2. The van der Waals surface area contributed by atoms with Crippen LogP contribution < -0.4 is 10.6 Å². The topological polar surface area (TPSA) is 70.7 Å². The number of amides is 1. The first-order valence-electron chi connectivity index (χ1n) is 7.41. The maximum atomic E-state index is 12.1. The van der Waals surface area contributed by atoms with Gasteiger partial charge in [0.05, 0.1) is 13.5 Å². The summed E-state index contributed by atoms with van der Waals surface area (Å²) in [5, 5.41) is 6.34. The predicted octanol–water partition coefficient (Wildman–Crippen LogP) is 1.36. The fourth-order valence-corrected chi connectivity index (χ4v) is 2.98. The molecule has 0 bridgehead atoms. The Balaban J connectivity index is 2.14. The van der Waals surface area contributed by atoms with Crippen LogP contribution >= 0.6 is 12.2 Å². The van der Waals surface area contributed by atoms with Crippen LogP contribution in [0.4, 0.5) is 5.69 Å². The number of ether oxygens (including phenoxy) is 1.